The number of primary amides is 1. The summed E-state index contributed by atoms with van der Waals surface area (Å²) in [5.41, 5.74) is 5.38. The molecule has 0 bridgehead atoms. The number of hydrogen-bond donors (Lipinski definition) is 2. The lowest BCUT2D eigenvalue weighted by atomic mass is 10.2. The van der Waals surface area contributed by atoms with Crippen molar-refractivity contribution in [2.24, 2.45) is 5.73 Å². The van der Waals surface area contributed by atoms with E-state index in [9.17, 15) is 9.90 Å². The fourth-order valence-electron chi connectivity index (χ4n) is 1.44. The summed E-state index contributed by atoms with van der Waals surface area (Å²) in [5, 5.41) is 9.52. The van der Waals surface area contributed by atoms with Crippen molar-refractivity contribution in [3.8, 4) is 17.2 Å². The zero-order chi connectivity index (χ0) is 13.1. The van der Waals surface area contributed by atoms with Crippen LogP contribution in [0.2, 0.25) is 5.02 Å². The number of phenolic OH excluding ortho intramolecular Hbond substituents is 1. The lowest BCUT2D eigenvalue weighted by molar-refractivity contribution is 0.100. The van der Waals surface area contributed by atoms with Crippen molar-refractivity contribution in [3.63, 3.8) is 0 Å². The van der Waals surface area contributed by atoms with Gasteiger partial charge >= 0.3 is 0 Å². The second kappa shape index (κ2) is 4.98. The maximum atomic E-state index is 11.0. The van der Waals surface area contributed by atoms with Gasteiger partial charge in [0.2, 0.25) is 5.91 Å². The first-order valence-electron chi connectivity index (χ1n) is 5.12. The topological polar surface area (TPSA) is 72.6 Å². The molecule has 0 heterocycles. The normalized spacial score (nSPS) is 10.1. The van der Waals surface area contributed by atoms with E-state index in [0.717, 1.165) is 0 Å². The Morgan fingerprint density at radius 2 is 1.89 bits per heavy atom. The van der Waals surface area contributed by atoms with Gasteiger partial charge in [-0.05, 0) is 24.3 Å². The van der Waals surface area contributed by atoms with Gasteiger partial charge in [0.25, 0.3) is 0 Å². The van der Waals surface area contributed by atoms with E-state index in [2.05, 4.69) is 0 Å². The summed E-state index contributed by atoms with van der Waals surface area (Å²) in [5.74, 6) is 0.435. The SMILES string of the molecule is NC(=O)c1ccc(Oc2cccc(O)c2)cc1Cl. The number of carbonyl (C=O) groups is 1. The molecule has 0 aromatic heterocycles. The first-order valence-corrected chi connectivity index (χ1v) is 5.50. The van der Waals surface area contributed by atoms with Gasteiger partial charge in [0.05, 0.1) is 10.6 Å². The van der Waals surface area contributed by atoms with E-state index in [1.807, 2.05) is 0 Å². The molecule has 4 nitrogen and oxygen atoms in total. The Morgan fingerprint density at radius 1 is 1.17 bits per heavy atom. The number of benzene rings is 2. The maximum Gasteiger partial charge on any atom is 0.250 e. The first-order chi connectivity index (χ1) is 8.56. The van der Waals surface area contributed by atoms with Crippen LogP contribution in [0, 0.1) is 0 Å². The fourth-order valence-corrected chi connectivity index (χ4v) is 1.71. The van der Waals surface area contributed by atoms with Crippen LogP contribution >= 0.6 is 11.6 Å². The molecule has 0 aliphatic carbocycles. The number of hydrogen-bond acceptors (Lipinski definition) is 3. The number of carbonyl (C=O) groups excluding carboxylic acids is 1. The number of nitrogens with two attached hydrogens (primary N) is 1. The van der Waals surface area contributed by atoms with Crippen molar-refractivity contribution < 1.29 is 14.6 Å². The highest BCUT2D eigenvalue weighted by Crippen LogP contribution is 2.28. The highest BCUT2D eigenvalue weighted by Gasteiger charge is 2.08. The van der Waals surface area contributed by atoms with Gasteiger partial charge in [-0.2, -0.15) is 0 Å². The molecule has 0 unspecified atom stereocenters. The van der Waals surface area contributed by atoms with Crippen molar-refractivity contribution in [1.29, 1.82) is 0 Å². The monoisotopic (exact) mass is 263 g/mol. The fraction of sp³-hybridized carbons (Fsp3) is 0. The van der Waals surface area contributed by atoms with Crippen molar-refractivity contribution in [2.45, 2.75) is 0 Å². The highest BCUT2D eigenvalue weighted by atomic mass is 35.5. The van der Waals surface area contributed by atoms with Gasteiger partial charge in [0.1, 0.15) is 17.2 Å². The minimum atomic E-state index is -0.594. The molecule has 2 aromatic rings. The Labute approximate surface area is 109 Å². The molecular formula is C13H10ClNO3. The lowest BCUT2D eigenvalue weighted by Crippen LogP contribution is -2.11. The predicted octanol–water partition coefficient (Wildman–Crippen LogP) is 2.94. The summed E-state index contributed by atoms with van der Waals surface area (Å²) in [4.78, 5) is 11.0. The van der Waals surface area contributed by atoms with Crippen molar-refractivity contribution >= 4 is 17.5 Å². The molecule has 0 aliphatic heterocycles. The largest absolute Gasteiger partial charge is 0.508 e. The molecule has 0 saturated carbocycles. The van der Waals surface area contributed by atoms with E-state index in [4.69, 9.17) is 22.1 Å². The summed E-state index contributed by atoms with van der Waals surface area (Å²) in [7, 11) is 0. The molecule has 3 N–H and O–H groups in total. The van der Waals surface area contributed by atoms with Crippen LogP contribution in [0.15, 0.2) is 42.5 Å². The number of phenols is 1. The van der Waals surface area contributed by atoms with Gasteiger partial charge in [0, 0.05) is 12.1 Å². The number of halogens is 1. The molecule has 2 aromatic carbocycles. The Kier molecular flexibility index (Phi) is 3.39. The van der Waals surface area contributed by atoms with E-state index >= 15 is 0 Å². The third-order valence-corrected chi connectivity index (χ3v) is 2.57. The maximum absolute atomic E-state index is 11.0. The van der Waals surface area contributed by atoms with Crippen LogP contribution in [0.4, 0.5) is 0 Å². The summed E-state index contributed by atoms with van der Waals surface area (Å²) >= 11 is 5.89. The van der Waals surface area contributed by atoms with Crippen LogP contribution in [0.5, 0.6) is 17.2 Å². The first kappa shape index (κ1) is 12.3. The van der Waals surface area contributed by atoms with Gasteiger partial charge in [-0.1, -0.05) is 17.7 Å². The molecule has 0 fully saturated rings. The van der Waals surface area contributed by atoms with Crippen LogP contribution in [-0.2, 0) is 0 Å². The van der Waals surface area contributed by atoms with Crippen LogP contribution in [0.25, 0.3) is 0 Å². The van der Waals surface area contributed by atoms with E-state index in [1.54, 1.807) is 18.2 Å². The van der Waals surface area contributed by atoms with Crippen molar-refractivity contribution in [2.75, 3.05) is 0 Å². The summed E-state index contributed by atoms with van der Waals surface area (Å²) in [6, 6.07) is 10.9. The quantitative estimate of drug-likeness (QED) is 0.894. The Hall–Kier alpha value is -2.20. The van der Waals surface area contributed by atoms with Gasteiger partial charge in [0.15, 0.2) is 0 Å². The zero-order valence-electron chi connectivity index (χ0n) is 9.26. The second-order valence-electron chi connectivity index (χ2n) is 3.61. The predicted molar refractivity (Wildman–Crippen MR) is 68.2 cm³/mol. The molecule has 0 spiro atoms. The molecular weight excluding hydrogens is 254 g/mol. The zero-order valence-corrected chi connectivity index (χ0v) is 10.0. The molecule has 1 amide bonds. The van der Waals surface area contributed by atoms with Gasteiger partial charge < -0.3 is 15.6 Å². The summed E-state index contributed by atoms with van der Waals surface area (Å²) < 4.78 is 5.48. The standard InChI is InChI=1S/C13H10ClNO3/c14-12-7-10(4-5-11(12)13(15)17)18-9-3-1-2-8(16)6-9/h1-7,16H,(H2,15,17). The molecule has 0 aliphatic rings. The highest BCUT2D eigenvalue weighted by molar-refractivity contribution is 6.33. The third kappa shape index (κ3) is 2.73. The van der Waals surface area contributed by atoms with Gasteiger partial charge in [-0.3, -0.25) is 4.79 Å². The summed E-state index contributed by atoms with van der Waals surface area (Å²) in [6.07, 6.45) is 0. The van der Waals surface area contributed by atoms with E-state index < -0.39 is 5.91 Å². The number of aromatic hydroxyl groups is 1. The van der Waals surface area contributed by atoms with Crippen LogP contribution in [0.1, 0.15) is 10.4 Å². The van der Waals surface area contributed by atoms with E-state index in [0.29, 0.717) is 11.5 Å². The second-order valence-corrected chi connectivity index (χ2v) is 4.01. The number of ether oxygens (including phenoxy) is 1. The molecule has 5 heteroatoms. The summed E-state index contributed by atoms with van der Waals surface area (Å²) in [6.45, 7) is 0. The third-order valence-electron chi connectivity index (χ3n) is 2.26. The average Bonchev–Trinajstić information content (AvgIpc) is 2.28. The minimum Gasteiger partial charge on any atom is -0.508 e. The van der Waals surface area contributed by atoms with E-state index in [-0.39, 0.29) is 16.3 Å². The Balaban J connectivity index is 2.25. The van der Waals surface area contributed by atoms with Crippen molar-refractivity contribution in [1.82, 2.24) is 0 Å². The van der Waals surface area contributed by atoms with Gasteiger partial charge in [-0.15, -0.1) is 0 Å². The van der Waals surface area contributed by atoms with Gasteiger partial charge in [-0.25, -0.2) is 0 Å². The van der Waals surface area contributed by atoms with Crippen LogP contribution < -0.4 is 10.5 Å². The molecule has 0 saturated heterocycles. The average molecular weight is 264 g/mol. The number of rotatable bonds is 3. The Morgan fingerprint density at radius 3 is 2.50 bits per heavy atom. The minimum absolute atomic E-state index is 0.104. The van der Waals surface area contributed by atoms with Crippen LogP contribution in [-0.4, -0.2) is 11.0 Å². The van der Waals surface area contributed by atoms with E-state index in [1.165, 1.54) is 24.3 Å². The molecule has 92 valence electrons. The smallest absolute Gasteiger partial charge is 0.250 e. The molecule has 0 radical (unpaired) electrons. The Bertz CT molecular complexity index is 599. The van der Waals surface area contributed by atoms with Crippen LogP contribution in [0.3, 0.4) is 0 Å². The lowest BCUT2D eigenvalue weighted by Gasteiger charge is -2.07. The molecule has 2 rings (SSSR count). The van der Waals surface area contributed by atoms with Crippen molar-refractivity contribution in [3.05, 3.63) is 53.1 Å². The molecule has 18 heavy (non-hydrogen) atoms. The number of amides is 1. The molecule has 0 atom stereocenters.